The Morgan fingerprint density at radius 1 is 0.377 bits per heavy atom. The first-order valence-electron chi connectivity index (χ1n) is 23.1. The summed E-state index contributed by atoms with van der Waals surface area (Å²) in [5, 5.41) is 25.2. The number of hydrogen-bond acceptors (Lipinski definition) is 3. The van der Waals surface area contributed by atoms with Crippen molar-refractivity contribution in [3.8, 4) is 56.3 Å². The third-order valence-corrected chi connectivity index (χ3v) is 17.1. The zero-order chi connectivity index (χ0) is 41.9. The average molecular weight is 975 g/mol. The van der Waals surface area contributed by atoms with Gasteiger partial charge in [-0.05, 0) is 170 Å². The molecule has 0 unspecified atom stereocenters. The maximum Gasteiger partial charge on any atom is 0.127 e. The van der Waals surface area contributed by atoms with E-state index in [1.54, 1.807) is 0 Å². The minimum absolute atomic E-state index is 0. The van der Waals surface area contributed by atoms with Crippen LogP contribution in [0.15, 0.2) is 91.0 Å². The quantitative estimate of drug-likeness (QED) is 0.167. The second-order valence-corrected chi connectivity index (χ2v) is 24.5. The number of phenolic OH excluding ortho intramolecular Hbond substituents is 2. The largest absolute Gasteiger partial charge is 0.507 e. The van der Waals surface area contributed by atoms with Crippen molar-refractivity contribution < 1.29 is 36.1 Å². The zero-order valence-electron chi connectivity index (χ0n) is 38.0. The second-order valence-electron chi connectivity index (χ2n) is 24.5. The second kappa shape index (κ2) is 13.3. The Morgan fingerprint density at radius 2 is 0.672 bits per heavy atom. The van der Waals surface area contributed by atoms with Crippen LogP contribution in [0.3, 0.4) is 0 Å². The Morgan fingerprint density at radius 3 is 0.984 bits per heavy atom. The van der Waals surface area contributed by atoms with Crippen molar-refractivity contribution in [2.24, 2.45) is 32.5 Å². The van der Waals surface area contributed by atoms with E-state index in [-0.39, 0.29) is 36.7 Å². The Kier molecular flexibility index (Phi) is 9.03. The van der Waals surface area contributed by atoms with Crippen LogP contribution in [0, 0.1) is 46.3 Å². The van der Waals surface area contributed by atoms with E-state index in [9.17, 15) is 10.2 Å². The van der Waals surface area contributed by atoms with Crippen LogP contribution in [0.2, 0.25) is 0 Å². The van der Waals surface area contributed by atoms with Crippen molar-refractivity contribution in [2.75, 3.05) is 0 Å². The minimum Gasteiger partial charge on any atom is -0.507 e. The molecular weight excluding hydrogens is 909 g/mol. The smallest absolute Gasteiger partial charge is 0.127 e. The van der Waals surface area contributed by atoms with Crippen LogP contribution in [0.4, 0.5) is 0 Å². The van der Waals surface area contributed by atoms with Crippen LogP contribution >= 0.6 is 0 Å². The summed E-state index contributed by atoms with van der Waals surface area (Å²) in [5.74, 6) is 0.906. The normalized spacial score (nSPS) is 36.6. The molecule has 8 aliphatic rings. The molecule has 314 valence electrons. The summed E-state index contributed by atoms with van der Waals surface area (Å²) in [7, 11) is 0. The molecule has 0 saturated heterocycles. The van der Waals surface area contributed by atoms with E-state index in [4.69, 9.17) is 4.98 Å². The standard InChI is InChI=1S/C57H65NO2.Hf/c1-36-20-42(48(59)44(22-36)56-30-50(3)24-51(4,31-56)26-52(5,25-50)32-56)38-14-9-11-16-40(38)46-18-13-19-47(58-46)41-17-12-10-15-39(41)43-21-37(2)23-45(49(43)60)57-33-53(6)27-54(7,34-57)29-55(8,28-53)35-57;/h9-23,59-60H,24-35H2,1-8H3;. The third-order valence-electron chi connectivity index (χ3n) is 17.1. The fraction of sp³-hybridized carbons (Fsp3) is 0.491. The Bertz CT molecular complexity index is 2350. The molecule has 3 nitrogen and oxygen atoms in total. The molecule has 0 spiro atoms. The molecule has 4 aromatic carbocycles. The molecule has 8 fully saturated rings. The molecule has 0 amide bonds. The van der Waals surface area contributed by atoms with Gasteiger partial charge < -0.3 is 10.2 Å². The van der Waals surface area contributed by atoms with Gasteiger partial charge >= 0.3 is 0 Å². The van der Waals surface area contributed by atoms with Gasteiger partial charge in [0.2, 0.25) is 0 Å². The number of hydrogen-bond donors (Lipinski definition) is 2. The predicted octanol–water partition coefficient (Wildman–Crippen LogP) is 15.1. The van der Waals surface area contributed by atoms with Gasteiger partial charge in [-0.25, -0.2) is 4.98 Å². The van der Waals surface area contributed by atoms with Crippen molar-refractivity contribution in [3.63, 3.8) is 0 Å². The van der Waals surface area contributed by atoms with Crippen LogP contribution < -0.4 is 0 Å². The first-order valence-corrected chi connectivity index (χ1v) is 23.1. The van der Waals surface area contributed by atoms with Crippen molar-refractivity contribution >= 4 is 0 Å². The van der Waals surface area contributed by atoms with Crippen molar-refractivity contribution in [2.45, 2.75) is 143 Å². The van der Waals surface area contributed by atoms with Crippen LogP contribution in [-0.2, 0) is 36.7 Å². The molecule has 4 heteroatoms. The number of aromatic nitrogens is 1. The molecule has 61 heavy (non-hydrogen) atoms. The van der Waals surface area contributed by atoms with Gasteiger partial charge in [0, 0.05) is 70.1 Å². The summed E-state index contributed by atoms with van der Waals surface area (Å²) in [6.07, 6.45) is 14.7. The van der Waals surface area contributed by atoms with Crippen LogP contribution in [0.25, 0.3) is 44.8 Å². The monoisotopic (exact) mass is 975 g/mol. The van der Waals surface area contributed by atoms with Gasteiger partial charge in [-0.2, -0.15) is 0 Å². The Hall–Kier alpha value is -3.50. The van der Waals surface area contributed by atoms with Gasteiger partial charge in [0.15, 0.2) is 0 Å². The number of aryl methyl sites for hydroxylation is 2. The van der Waals surface area contributed by atoms with Crippen LogP contribution in [-0.4, -0.2) is 15.2 Å². The maximum absolute atomic E-state index is 12.6. The summed E-state index contributed by atoms with van der Waals surface area (Å²) in [4.78, 5) is 5.43. The van der Waals surface area contributed by atoms with Crippen LogP contribution in [0.5, 0.6) is 11.5 Å². The molecule has 8 aliphatic carbocycles. The Balaban J connectivity index is 0.00000445. The SMILES string of the molecule is Cc1cc(-c2ccccc2-c2cccc(-c3ccccc3-c3cc(C)cc(C45CC6(C)CC(C)(CC(C)(C6)C4)C5)c3O)n2)c(O)c(C23CC4(C)CC(C)(CC(C)(C4)C2)C3)c1.[Hf]. The van der Waals surface area contributed by atoms with Gasteiger partial charge in [-0.1, -0.05) is 108 Å². The Labute approximate surface area is 384 Å². The number of aromatic hydroxyl groups is 2. The first-order chi connectivity index (χ1) is 28.2. The number of rotatable bonds is 6. The van der Waals surface area contributed by atoms with Gasteiger partial charge in [0.1, 0.15) is 11.5 Å². The van der Waals surface area contributed by atoms with Crippen LogP contribution in [0.1, 0.15) is 141 Å². The van der Waals surface area contributed by atoms with E-state index < -0.39 is 0 Å². The number of benzene rings is 4. The van der Waals surface area contributed by atoms with Crippen molar-refractivity contribution in [1.82, 2.24) is 4.98 Å². The van der Waals surface area contributed by atoms with Crippen molar-refractivity contribution in [1.29, 1.82) is 0 Å². The van der Waals surface area contributed by atoms with E-state index in [1.807, 2.05) is 0 Å². The van der Waals surface area contributed by atoms with Crippen molar-refractivity contribution in [3.05, 3.63) is 113 Å². The van der Waals surface area contributed by atoms with E-state index in [0.717, 1.165) is 94.4 Å². The van der Waals surface area contributed by atoms with E-state index in [0.29, 0.717) is 44.0 Å². The molecule has 5 aromatic rings. The van der Waals surface area contributed by atoms with E-state index in [1.165, 1.54) is 49.7 Å². The zero-order valence-corrected chi connectivity index (χ0v) is 41.6. The molecule has 1 heterocycles. The van der Waals surface area contributed by atoms with E-state index >= 15 is 0 Å². The van der Waals surface area contributed by atoms with Gasteiger partial charge in [-0.15, -0.1) is 0 Å². The number of phenols is 2. The summed E-state index contributed by atoms with van der Waals surface area (Å²) < 4.78 is 0. The predicted molar refractivity (Wildman–Crippen MR) is 246 cm³/mol. The summed E-state index contributed by atoms with van der Waals surface area (Å²) in [5.41, 5.74) is 14.2. The molecule has 2 N–H and O–H groups in total. The molecule has 8 saturated carbocycles. The molecular formula is C57H65HfNO2. The molecule has 0 atom stereocenters. The summed E-state index contributed by atoms with van der Waals surface area (Å²) in [6, 6.07) is 32.4. The summed E-state index contributed by atoms with van der Waals surface area (Å²) >= 11 is 0. The average Bonchev–Trinajstić information content (AvgIpc) is 3.12. The van der Waals surface area contributed by atoms with Gasteiger partial charge in [0.25, 0.3) is 0 Å². The van der Waals surface area contributed by atoms with Gasteiger partial charge in [0.05, 0.1) is 11.4 Å². The molecule has 1 aromatic heterocycles. The number of nitrogens with zero attached hydrogens (tertiary/aromatic N) is 1. The topological polar surface area (TPSA) is 53.4 Å². The number of pyridine rings is 1. The van der Waals surface area contributed by atoms with E-state index in [2.05, 4.69) is 146 Å². The fourth-order valence-corrected chi connectivity index (χ4v) is 18.5. The fourth-order valence-electron chi connectivity index (χ4n) is 18.5. The first kappa shape index (κ1) is 41.5. The third kappa shape index (κ3) is 6.51. The van der Waals surface area contributed by atoms with Gasteiger partial charge in [-0.3, -0.25) is 0 Å². The maximum atomic E-state index is 12.6. The molecule has 8 bridgehead atoms. The summed E-state index contributed by atoms with van der Waals surface area (Å²) in [6.45, 7) is 19.6. The molecule has 13 rings (SSSR count). The minimum atomic E-state index is -0.0144. The molecule has 0 aliphatic heterocycles. The molecule has 0 radical (unpaired) electrons.